The molecule has 11 heavy (non-hydrogen) atoms. The van der Waals surface area contributed by atoms with Crippen molar-refractivity contribution in [3.05, 3.63) is 18.3 Å². The fourth-order valence-corrected chi connectivity index (χ4v) is 0.740. The maximum absolute atomic E-state index is 12.1. The van der Waals surface area contributed by atoms with E-state index in [0.29, 0.717) is 0 Å². The molecule has 0 fully saturated rings. The quantitative estimate of drug-likeness (QED) is 0.590. The van der Waals surface area contributed by atoms with Crippen LogP contribution in [0.4, 0.5) is 8.63 Å². The number of halogens is 2. The standard InChI is InChI=1S/C6H6BF2NO/c1-11-6-5(7(8)9)3-2-4-10-6/h2-4H,1H3. The highest BCUT2D eigenvalue weighted by molar-refractivity contribution is 6.60. The highest BCUT2D eigenvalue weighted by Gasteiger charge is 2.21. The van der Waals surface area contributed by atoms with Gasteiger partial charge < -0.3 is 4.74 Å². The van der Waals surface area contributed by atoms with Crippen molar-refractivity contribution in [3.8, 4) is 5.88 Å². The lowest BCUT2D eigenvalue weighted by Crippen LogP contribution is -2.23. The van der Waals surface area contributed by atoms with Gasteiger partial charge in [-0.2, -0.15) is 0 Å². The van der Waals surface area contributed by atoms with Gasteiger partial charge in [0.2, 0.25) is 5.88 Å². The summed E-state index contributed by atoms with van der Waals surface area (Å²) in [4.78, 5) is 3.62. The smallest absolute Gasteiger partial charge is 0.481 e. The molecular weight excluding hydrogens is 151 g/mol. The summed E-state index contributed by atoms with van der Waals surface area (Å²) in [6.07, 6.45) is 1.41. The van der Waals surface area contributed by atoms with Crippen LogP contribution in [-0.4, -0.2) is 19.4 Å². The first-order valence-electron chi connectivity index (χ1n) is 3.02. The summed E-state index contributed by atoms with van der Waals surface area (Å²) in [5.74, 6) is -0.0116. The summed E-state index contributed by atoms with van der Waals surface area (Å²) < 4.78 is 28.8. The zero-order valence-electron chi connectivity index (χ0n) is 5.92. The minimum absolute atomic E-state index is 0.0116. The van der Waals surface area contributed by atoms with Gasteiger partial charge >= 0.3 is 7.27 Å². The molecule has 58 valence electrons. The van der Waals surface area contributed by atoms with Crippen LogP contribution in [0.3, 0.4) is 0 Å². The van der Waals surface area contributed by atoms with Crippen LogP contribution in [0.5, 0.6) is 5.88 Å². The Balaban J connectivity index is 3.02. The van der Waals surface area contributed by atoms with Gasteiger partial charge in [-0.15, -0.1) is 0 Å². The minimum Gasteiger partial charge on any atom is -0.481 e. The van der Waals surface area contributed by atoms with Crippen molar-refractivity contribution >= 4 is 12.7 Å². The third-order valence-corrected chi connectivity index (χ3v) is 1.23. The molecule has 0 N–H and O–H groups in total. The SMILES string of the molecule is COc1ncccc1B(F)F. The van der Waals surface area contributed by atoms with Crippen molar-refractivity contribution in [2.45, 2.75) is 0 Å². The van der Waals surface area contributed by atoms with Gasteiger partial charge in [-0.25, -0.2) is 4.98 Å². The second-order valence-corrected chi connectivity index (χ2v) is 1.90. The van der Waals surface area contributed by atoms with Crippen LogP contribution >= 0.6 is 0 Å². The van der Waals surface area contributed by atoms with Gasteiger partial charge in [-0.05, 0) is 6.07 Å². The van der Waals surface area contributed by atoms with Crippen LogP contribution in [0, 0.1) is 0 Å². The van der Waals surface area contributed by atoms with Gasteiger partial charge in [0.05, 0.1) is 12.6 Å². The van der Waals surface area contributed by atoms with E-state index < -0.39 is 7.27 Å². The molecule has 0 unspecified atom stereocenters. The maximum Gasteiger partial charge on any atom is 0.577 e. The van der Waals surface area contributed by atoms with Crippen molar-refractivity contribution in [1.29, 1.82) is 0 Å². The molecule has 0 aliphatic heterocycles. The van der Waals surface area contributed by atoms with E-state index >= 15 is 0 Å². The van der Waals surface area contributed by atoms with Crippen LogP contribution in [0.15, 0.2) is 18.3 Å². The molecule has 5 heteroatoms. The number of pyridine rings is 1. The molecule has 0 saturated carbocycles. The van der Waals surface area contributed by atoms with E-state index in [1.165, 1.54) is 25.4 Å². The third kappa shape index (κ3) is 1.66. The molecule has 0 radical (unpaired) electrons. The van der Waals surface area contributed by atoms with Crippen LogP contribution < -0.4 is 10.2 Å². The van der Waals surface area contributed by atoms with Crippen LogP contribution in [0.2, 0.25) is 0 Å². The first-order valence-corrected chi connectivity index (χ1v) is 3.02. The van der Waals surface area contributed by atoms with E-state index in [4.69, 9.17) is 0 Å². The topological polar surface area (TPSA) is 22.1 Å². The third-order valence-electron chi connectivity index (χ3n) is 1.23. The van der Waals surface area contributed by atoms with Crippen LogP contribution in [-0.2, 0) is 0 Å². The number of rotatable bonds is 2. The Kier molecular flexibility index (Phi) is 2.41. The van der Waals surface area contributed by atoms with Gasteiger partial charge in [0.25, 0.3) is 0 Å². The molecule has 2 nitrogen and oxygen atoms in total. The van der Waals surface area contributed by atoms with Gasteiger partial charge in [-0.3, -0.25) is 8.63 Å². The Labute approximate surface area is 63.4 Å². The van der Waals surface area contributed by atoms with Crippen molar-refractivity contribution in [2.24, 2.45) is 0 Å². The van der Waals surface area contributed by atoms with Crippen molar-refractivity contribution in [1.82, 2.24) is 4.98 Å². The molecular formula is C6H6BF2NO. The lowest BCUT2D eigenvalue weighted by molar-refractivity contribution is 0.400. The lowest BCUT2D eigenvalue weighted by atomic mass is 9.87. The summed E-state index contributed by atoms with van der Waals surface area (Å²) in [5.41, 5.74) is -0.171. The molecule has 0 bridgehead atoms. The van der Waals surface area contributed by atoms with Crippen molar-refractivity contribution in [2.75, 3.05) is 7.11 Å². The fraction of sp³-hybridized carbons (Fsp3) is 0.167. The number of hydrogen-bond acceptors (Lipinski definition) is 2. The van der Waals surface area contributed by atoms with Gasteiger partial charge in [0, 0.05) is 6.20 Å². The molecule has 0 spiro atoms. The van der Waals surface area contributed by atoms with E-state index in [1.807, 2.05) is 0 Å². The first kappa shape index (κ1) is 7.98. The Morgan fingerprint density at radius 3 is 2.73 bits per heavy atom. The molecule has 0 aliphatic carbocycles. The Hall–Kier alpha value is -1.13. The molecule has 1 aromatic heterocycles. The van der Waals surface area contributed by atoms with Gasteiger partial charge in [0.15, 0.2) is 0 Å². The van der Waals surface area contributed by atoms with E-state index in [2.05, 4.69) is 9.72 Å². The minimum atomic E-state index is -2.53. The second-order valence-electron chi connectivity index (χ2n) is 1.90. The van der Waals surface area contributed by atoms with Crippen LogP contribution in [0.1, 0.15) is 0 Å². The van der Waals surface area contributed by atoms with Crippen molar-refractivity contribution in [3.63, 3.8) is 0 Å². The molecule has 0 saturated heterocycles. The predicted molar refractivity (Wildman–Crippen MR) is 38.4 cm³/mol. The summed E-state index contributed by atoms with van der Waals surface area (Å²) in [6, 6.07) is 2.74. The van der Waals surface area contributed by atoms with E-state index in [0.717, 1.165) is 0 Å². The average Bonchev–Trinajstić information content (AvgIpc) is 2.04. The maximum atomic E-state index is 12.1. The van der Waals surface area contributed by atoms with Crippen LogP contribution in [0.25, 0.3) is 0 Å². The Morgan fingerprint density at radius 1 is 1.55 bits per heavy atom. The number of methoxy groups -OCH3 is 1. The summed E-state index contributed by atoms with van der Waals surface area (Å²) in [5, 5.41) is 0. The highest BCUT2D eigenvalue weighted by Crippen LogP contribution is 2.03. The van der Waals surface area contributed by atoms with Gasteiger partial charge in [0.1, 0.15) is 0 Å². The fourth-order valence-electron chi connectivity index (χ4n) is 0.740. The lowest BCUT2D eigenvalue weighted by Gasteiger charge is -2.01. The number of nitrogens with zero attached hydrogens (tertiary/aromatic N) is 1. The molecule has 0 aliphatic rings. The molecule has 0 amide bonds. The van der Waals surface area contributed by atoms with E-state index in [-0.39, 0.29) is 11.3 Å². The second kappa shape index (κ2) is 3.32. The Morgan fingerprint density at radius 2 is 2.27 bits per heavy atom. The van der Waals surface area contributed by atoms with E-state index in [1.54, 1.807) is 0 Å². The molecule has 0 atom stereocenters. The monoisotopic (exact) mass is 157 g/mol. The number of aromatic nitrogens is 1. The average molecular weight is 157 g/mol. The predicted octanol–water partition coefficient (Wildman–Crippen LogP) is 0.724. The molecule has 1 heterocycles. The molecule has 1 aromatic rings. The highest BCUT2D eigenvalue weighted by atomic mass is 19.2. The number of ether oxygens (including phenoxy) is 1. The molecule has 0 aromatic carbocycles. The largest absolute Gasteiger partial charge is 0.577 e. The zero-order valence-corrected chi connectivity index (χ0v) is 5.92. The van der Waals surface area contributed by atoms with Crippen molar-refractivity contribution < 1.29 is 13.4 Å². The molecule has 1 rings (SSSR count). The van der Waals surface area contributed by atoms with Gasteiger partial charge in [-0.1, -0.05) is 6.07 Å². The normalized spacial score (nSPS) is 9.36. The first-order chi connectivity index (χ1) is 5.25. The summed E-state index contributed by atoms with van der Waals surface area (Å²) in [7, 11) is -1.22. The number of hydrogen-bond donors (Lipinski definition) is 0. The Bertz CT molecular complexity index is 244. The van der Waals surface area contributed by atoms with E-state index in [9.17, 15) is 8.63 Å². The summed E-state index contributed by atoms with van der Waals surface area (Å²) in [6.45, 7) is 0. The zero-order chi connectivity index (χ0) is 8.27. The summed E-state index contributed by atoms with van der Waals surface area (Å²) >= 11 is 0.